The molecular formula is C12H14N6. The molecule has 0 radical (unpaired) electrons. The third-order valence-corrected chi connectivity index (χ3v) is 2.38. The number of nitrogens with zero attached hydrogens (tertiary/aromatic N) is 3. The second-order valence-electron chi connectivity index (χ2n) is 3.67. The lowest BCUT2D eigenvalue weighted by Gasteiger charge is -2.06. The summed E-state index contributed by atoms with van der Waals surface area (Å²) in [6.45, 7) is 1.02. The Hall–Kier alpha value is -2.55. The van der Waals surface area contributed by atoms with Gasteiger partial charge in [0.25, 0.3) is 0 Å². The van der Waals surface area contributed by atoms with Crippen LogP contribution in [-0.4, -0.2) is 28.0 Å². The average Bonchev–Trinajstić information content (AvgIpc) is 2.90. The summed E-state index contributed by atoms with van der Waals surface area (Å²) in [5, 5.41) is 14.6. The lowest BCUT2D eigenvalue weighted by atomic mass is 10.3. The van der Waals surface area contributed by atoms with Crippen molar-refractivity contribution in [2.24, 2.45) is 0 Å². The molecule has 0 spiro atoms. The fraction of sp³-hybridized carbons (Fsp3) is 0.250. The first-order chi connectivity index (χ1) is 8.88. The van der Waals surface area contributed by atoms with Gasteiger partial charge in [0.1, 0.15) is 24.5 Å². The van der Waals surface area contributed by atoms with Crippen molar-refractivity contribution in [3.8, 4) is 6.07 Å². The van der Waals surface area contributed by atoms with Crippen molar-refractivity contribution in [2.75, 3.05) is 23.7 Å². The van der Waals surface area contributed by atoms with Crippen LogP contribution in [-0.2, 0) is 6.42 Å². The number of rotatable bonds is 6. The minimum absolute atomic E-state index is 0.235. The van der Waals surface area contributed by atoms with E-state index in [1.54, 1.807) is 6.07 Å². The first-order valence-electron chi connectivity index (χ1n) is 5.67. The summed E-state index contributed by atoms with van der Waals surface area (Å²) in [6.07, 6.45) is 4.28. The molecule has 6 heteroatoms. The van der Waals surface area contributed by atoms with Gasteiger partial charge in [-0.15, -0.1) is 0 Å². The van der Waals surface area contributed by atoms with Crippen LogP contribution < -0.4 is 10.6 Å². The Morgan fingerprint density at radius 2 is 2.11 bits per heavy atom. The van der Waals surface area contributed by atoms with Gasteiger partial charge >= 0.3 is 0 Å². The first-order valence-corrected chi connectivity index (χ1v) is 5.67. The van der Waals surface area contributed by atoms with Crippen molar-refractivity contribution in [1.29, 1.82) is 5.26 Å². The zero-order valence-electron chi connectivity index (χ0n) is 9.85. The highest BCUT2D eigenvalue weighted by atomic mass is 15.1. The third-order valence-electron chi connectivity index (χ3n) is 2.38. The van der Waals surface area contributed by atoms with Crippen LogP contribution in [0.25, 0.3) is 0 Å². The highest BCUT2D eigenvalue weighted by Gasteiger charge is 1.98. The maximum absolute atomic E-state index is 8.47. The summed E-state index contributed by atoms with van der Waals surface area (Å²) in [4.78, 5) is 11.3. The Morgan fingerprint density at radius 3 is 2.83 bits per heavy atom. The number of nitriles is 1. The van der Waals surface area contributed by atoms with E-state index in [4.69, 9.17) is 5.26 Å². The standard InChI is InChI=1S/C12H14N6/c13-4-7-16-12-8-11(17-9-18-12)15-6-3-10-2-1-5-14-10/h1-2,5,8-9,14H,3,6-7H2,(H2,15,16,17,18). The summed E-state index contributed by atoms with van der Waals surface area (Å²) < 4.78 is 0. The smallest absolute Gasteiger partial charge is 0.132 e. The largest absolute Gasteiger partial charge is 0.370 e. The van der Waals surface area contributed by atoms with Gasteiger partial charge in [0, 0.05) is 30.9 Å². The molecule has 0 fully saturated rings. The minimum Gasteiger partial charge on any atom is -0.370 e. The Balaban J connectivity index is 1.83. The van der Waals surface area contributed by atoms with Crippen LogP contribution in [0.5, 0.6) is 0 Å². The van der Waals surface area contributed by atoms with Gasteiger partial charge in [-0.2, -0.15) is 5.26 Å². The predicted molar refractivity (Wildman–Crippen MR) is 69.1 cm³/mol. The van der Waals surface area contributed by atoms with E-state index in [9.17, 15) is 0 Å². The van der Waals surface area contributed by atoms with E-state index in [0.29, 0.717) is 5.82 Å². The van der Waals surface area contributed by atoms with Gasteiger partial charge in [-0.3, -0.25) is 0 Å². The van der Waals surface area contributed by atoms with Crippen molar-refractivity contribution in [3.05, 3.63) is 36.4 Å². The predicted octanol–water partition coefficient (Wildman–Crippen LogP) is 1.39. The van der Waals surface area contributed by atoms with Gasteiger partial charge in [-0.05, 0) is 12.1 Å². The highest BCUT2D eigenvalue weighted by molar-refractivity contribution is 5.46. The van der Waals surface area contributed by atoms with Crippen molar-refractivity contribution < 1.29 is 0 Å². The number of aromatic amines is 1. The Morgan fingerprint density at radius 1 is 1.28 bits per heavy atom. The quantitative estimate of drug-likeness (QED) is 0.666. The van der Waals surface area contributed by atoms with Crippen LogP contribution in [0.15, 0.2) is 30.7 Å². The maximum atomic E-state index is 8.47. The Bertz CT molecular complexity index is 514. The van der Waals surface area contributed by atoms with Crippen LogP contribution in [0, 0.1) is 11.3 Å². The third kappa shape index (κ3) is 3.49. The van der Waals surface area contributed by atoms with Crippen molar-refractivity contribution in [3.63, 3.8) is 0 Å². The molecule has 0 aliphatic heterocycles. The van der Waals surface area contributed by atoms with Gasteiger partial charge in [-0.25, -0.2) is 9.97 Å². The molecule has 2 rings (SSSR count). The number of anilines is 2. The molecule has 3 N–H and O–H groups in total. The van der Waals surface area contributed by atoms with Crippen LogP contribution in [0.3, 0.4) is 0 Å². The molecule has 0 aliphatic rings. The molecule has 0 saturated carbocycles. The summed E-state index contributed by atoms with van der Waals surface area (Å²) in [5.74, 6) is 1.39. The fourth-order valence-corrected chi connectivity index (χ4v) is 1.53. The number of aromatic nitrogens is 3. The normalized spacial score (nSPS) is 9.72. The maximum Gasteiger partial charge on any atom is 0.132 e. The minimum atomic E-state index is 0.235. The van der Waals surface area contributed by atoms with E-state index < -0.39 is 0 Å². The molecule has 0 bridgehead atoms. The number of hydrogen-bond acceptors (Lipinski definition) is 5. The van der Waals surface area contributed by atoms with Gasteiger partial charge in [0.05, 0.1) is 6.07 Å². The van der Waals surface area contributed by atoms with Crippen LogP contribution in [0.2, 0.25) is 0 Å². The summed E-state index contributed by atoms with van der Waals surface area (Å²) in [6, 6.07) is 7.80. The molecule has 0 unspecified atom stereocenters. The molecular weight excluding hydrogens is 228 g/mol. The van der Waals surface area contributed by atoms with Crippen molar-refractivity contribution in [1.82, 2.24) is 15.0 Å². The van der Waals surface area contributed by atoms with Crippen LogP contribution in [0.1, 0.15) is 5.69 Å². The molecule has 2 aromatic rings. The summed E-state index contributed by atoms with van der Waals surface area (Å²) in [5.41, 5.74) is 1.18. The van der Waals surface area contributed by atoms with E-state index in [1.807, 2.05) is 24.4 Å². The second-order valence-corrected chi connectivity index (χ2v) is 3.67. The van der Waals surface area contributed by atoms with Crippen molar-refractivity contribution >= 4 is 11.6 Å². The molecule has 6 nitrogen and oxygen atoms in total. The average molecular weight is 242 g/mol. The number of nitrogens with one attached hydrogen (secondary N) is 3. The zero-order valence-corrected chi connectivity index (χ0v) is 9.85. The Kier molecular flexibility index (Phi) is 4.14. The highest BCUT2D eigenvalue weighted by Crippen LogP contribution is 2.08. The topological polar surface area (TPSA) is 89.4 Å². The SMILES string of the molecule is N#CCNc1cc(NCCc2ccc[nH]2)ncn1. The van der Waals surface area contributed by atoms with Gasteiger partial charge < -0.3 is 15.6 Å². The van der Waals surface area contributed by atoms with Gasteiger partial charge in [0.2, 0.25) is 0 Å². The zero-order chi connectivity index (χ0) is 12.6. The van der Waals surface area contributed by atoms with Crippen LogP contribution in [0.4, 0.5) is 11.6 Å². The fourth-order valence-electron chi connectivity index (χ4n) is 1.53. The van der Waals surface area contributed by atoms with E-state index >= 15 is 0 Å². The lowest BCUT2D eigenvalue weighted by molar-refractivity contribution is 0.964. The van der Waals surface area contributed by atoms with E-state index in [1.165, 1.54) is 12.0 Å². The number of hydrogen-bond donors (Lipinski definition) is 3. The molecule has 2 aromatic heterocycles. The molecule has 18 heavy (non-hydrogen) atoms. The Labute approximate surface area is 105 Å². The van der Waals surface area contributed by atoms with E-state index in [2.05, 4.69) is 25.6 Å². The van der Waals surface area contributed by atoms with Gasteiger partial charge in [0.15, 0.2) is 0 Å². The molecule has 0 aromatic carbocycles. The molecule has 2 heterocycles. The molecule has 0 amide bonds. The van der Waals surface area contributed by atoms with Gasteiger partial charge in [-0.1, -0.05) is 0 Å². The molecule has 0 atom stereocenters. The summed E-state index contributed by atoms with van der Waals surface area (Å²) >= 11 is 0. The number of H-pyrrole nitrogens is 1. The molecule has 92 valence electrons. The molecule has 0 saturated heterocycles. The summed E-state index contributed by atoms with van der Waals surface area (Å²) in [7, 11) is 0. The van der Waals surface area contributed by atoms with E-state index in [0.717, 1.165) is 18.8 Å². The monoisotopic (exact) mass is 242 g/mol. The van der Waals surface area contributed by atoms with Crippen LogP contribution >= 0.6 is 0 Å². The second kappa shape index (κ2) is 6.25. The first kappa shape index (κ1) is 11.9. The molecule has 0 aliphatic carbocycles. The lowest BCUT2D eigenvalue weighted by Crippen LogP contribution is -2.08. The van der Waals surface area contributed by atoms with Crippen molar-refractivity contribution in [2.45, 2.75) is 6.42 Å². The van der Waals surface area contributed by atoms with E-state index in [-0.39, 0.29) is 6.54 Å².